The third-order valence-electron chi connectivity index (χ3n) is 7.86. The summed E-state index contributed by atoms with van der Waals surface area (Å²) < 4.78 is 3.73. The molecule has 0 saturated carbocycles. The molecule has 8 rings (SSSR count). The minimum atomic E-state index is -0.0989. The van der Waals surface area contributed by atoms with E-state index in [1.54, 1.807) is 0 Å². The molecule has 0 amide bonds. The van der Waals surface area contributed by atoms with Gasteiger partial charge in [0.25, 0.3) is 0 Å². The van der Waals surface area contributed by atoms with Gasteiger partial charge in [0.05, 0.1) is 11.4 Å². The maximum absolute atomic E-state index is 5.24. The van der Waals surface area contributed by atoms with Crippen LogP contribution in [0.3, 0.4) is 0 Å². The second kappa shape index (κ2) is 10.6. The van der Waals surface area contributed by atoms with E-state index in [1.807, 2.05) is 0 Å². The van der Waals surface area contributed by atoms with Crippen LogP contribution in [-0.2, 0) is 0 Å². The van der Waals surface area contributed by atoms with Gasteiger partial charge in [-0.25, -0.2) is 9.97 Å². The third-order valence-corrected chi connectivity index (χ3v) is 10.3. The molecular formula is C39H25IN2. The van der Waals surface area contributed by atoms with E-state index in [-0.39, 0.29) is 20.7 Å². The molecule has 1 aliphatic rings. The van der Waals surface area contributed by atoms with Crippen molar-refractivity contribution in [3.05, 3.63) is 155 Å². The Morgan fingerprint density at radius 1 is 0.452 bits per heavy atom. The Kier molecular flexibility index (Phi) is 6.30. The smallest absolute Gasteiger partial charge is 0.160 e. The van der Waals surface area contributed by atoms with Crippen LogP contribution in [-0.4, -0.2) is 13.5 Å². The van der Waals surface area contributed by atoms with Crippen molar-refractivity contribution in [1.29, 1.82) is 0 Å². The molecule has 2 heterocycles. The maximum atomic E-state index is 5.24. The van der Waals surface area contributed by atoms with Gasteiger partial charge in [-0.1, -0.05) is 148 Å². The van der Waals surface area contributed by atoms with Gasteiger partial charge >= 0.3 is 0 Å². The summed E-state index contributed by atoms with van der Waals surface area (Å²) in [6.07, 6.45) is 6.52. The number of hydrogen-bond donors (Lipinski definition) is 0. The second-order valence-corrected chi connectivity index (χ2v) is 12.9. The molecule has 6 aromatic carbocycles. The maximum Gasteiger partial charge on any atom is 0.160 e. The van der Waals surface area contributed by atoms with E-state index < -0.39 is 0 Å². The van der Waals surface area contributed by atoms with Crippen molar-refractivity contribution in [1.82, 2.24) is 9.97 Å². The summed E-state index contributed by atoms with van der Waals surface area (Å²) in [7, 11) is 0. The lowest BCUT2D eigenvalue weighted by Crippen LogP contribution is -1.98. The Bertz CT molecular complexity index is 2240. The summed E-state index contributed by atoms with van der Waals surface area (Å²) in [6.45, 7) is 0. The molecule has 0 aliphatic carbocycles. The Morgan fingerprint density at radius 2 is 1.10 bits per heavy atom. The lowest BCUT2D eigenvalue weighted by atomic mass is 9.94. The van der Waals surface area contributed by atoms with Gasteiger partial charge in [-0.3, -0.25) is 0 Å². The first-order chi connectivity index (χ1) is 20.8. The van der Waals surface area contributed by atoms with E-state index in [0.29, 0.717) is 0 Å². The molecule has 0 atom stereocenters. The zero-order valence-electron chi connectivity index (χ0n) is 22.7. The SMILES string of the molecule is C1=CI=C(c2ccc(-c3nc(-c4cccc5ccccc45)cc(-c4cc5ccccc5c5ccccc45)n3)cc2)C=C1. The van der Waals surface area contributed by atoms with Gasteiger partial charge in [-0.05, 0) is 60.2 Å². The van der Waals surface area contributed by atoms with Gasteiger partial charge in [0.1, 0.15) is 0 Å². The first-order valence-electron chi connectivity index (χ1n) is 14.0. The number of allylic oxidation sites excluding steroid dienone is 3. The van der Waals surface area contributed by atoms with Crippen molar-refractivity contribution in [2.45, 2.75) is 0 Å². The Hall–Kier alpha value is -4.74. The van der Waals surface area contributed by atoms with Crippen LogP contribution in [0.1, 0.15) is 5.56 Å². The van der Waals surface area contributed by atoms with Crippen LogP contribution in [0.25, 0.3) is 66.2 Å². The topological polar surface area (TPSA) is 25.8 Å². The Morgan fingerprint density at radius 3 is 1.88 bits per heavy atom. The molecule has 0 radical (unpaired) electrons. The molecule has 7 aromatic rings. The van der Waals surface area contributed by atoms with Crippen molar-refractivity contribution >= 4 is 56.6 Å². The number of hydrogen-bond acceptors (Lipinski definition) is 2. The van der Waals surface area contributed by atoms with Crippen molar-refractivity contribution < 1.29 is 0 Å². The van der Waals surface area contributed by atoms with E-state index in [2.05, 4.69) is 150 Å². The van der Waals surface area contributed by atoms with Crippen molar-refractivity contribution in [2.24, 2.45) is 0 Å². The number of nitrogens with zero attached hydrogens (tertiary/aromatic N) is 2. The van der Waals surface area contributed by atoms with Crippen LogP contribution in [0.5, 0.6) is 0 Å². The lowest BCUT2D eigenvalue weighted by molar-refractivity contribution is 1.19. The summed E-state index contributed by atoms with van der Waals surface area (Å²) in [5, 5.41) is 7.27. The van der Waals surface area contributed by atoms with Gasteiger partial charge in [0.2, 0.25) is 0 Å². The highest BCUT2D eigenvalue weighted by Crippen LogP contribution is 2.37. The number of rotatable bonds is 4. The zero-order valence-corrected chi connectivity index (χ0v) is 24.9. The van der Waals surface area contributed by atoms with Crippen LogP contribution >= 0.6 is 20.7 Å². The molecule has 0 unspecified atom stereocenters. The van der Waals surface area contributed by atoms with Gasteiger partial charge < -0.3 is 0 Å². The molecule has 2 nitrogen and oxygen atoms in total. The molecule has 0 spiro atoms. The predicted octanol–water partition coefficient (Wildman–Crippen LogP) is 10.5. The van der Waals surface area contributed by atoms with Crippen molar-refractivity contribution in [3.63, 3.8) is 0 Å². The molecule has 1 aliphatic heterocycles. The van der Waals surface area contributed by atoms with Crippen LogP contribution in [0.15, 0.2) is 150 Å². The summed E-state index contributed by atoms with van der Waals surface area (Å²) in [6, 6.07) is 45.4. The highest BCUT2D eigenvalue weighted by molar-refractivity contribution is 14.2. The molecule has 42 heavy (non-hydrogen) atoms. The normalized spacial score (nSPS) is 12.9. The van der Waals surface area contributed by atoms with Crippen LogP contribution in [0, 0.1) is 0 Å². The van der Waals surface area contributed by atoms with Crippen molar-refractivity contribution in [2.75, 3.05) is 0 Å². The summed E-state index contributed by atoms with van der Waals surface area (Å²) in [5.74, 6) is 0.734. The first kappa shape index (κ1) is 25.0. The van der Waals surface area contributed by atoms with Gasteiger partial charge in [0, 0.05) is 20.2 Å². The quantitative estimate of drug-likeness (QED) is 0.140. The minimum Gasteiger partial charge on any atom is -0.228 e. The average molecular weight is 649 g/mol. The first-order valence-corrected chi connectivity index (χ1v) is 16.4. The fourth-order valence-electron chi connectivity index (χ4n) is 5.83. The van der Waals surface area contributed by atoms with E-state index in [0.717, 1.165) is 33.9 Å². The van der Waals surface area contributed by atoms with Crippen LogP contribution < -0.4 is 0 Å². The largest absolute Gasteiger partial charge is 0.228 e. The molecule has 0 saturated heterocycles. The highest BCUT2D eigenvalue weighted by atomic mass is 127. The number of halogens is 1. The predicted molar refractivity (Wildman–Crippen MR) is 187 cm³/mol. The van der Waals surface area contributed by atoms with E-state index in [9.17, 15) is 0 Å². The molecule has 0 N–H and O–H groups in total. The zero-order chi connectivity index (χ0) is 27.9. The molecule has 1 aromatic heterocycles. The molecule has 198 valence electrons. The summed E-state index contributed by atoms with van der Waals surface area (Å²) in [4.78, 5) is 10.4. The lowest BCUT2D eigenvalue weighted by Gasteiger charge is -2.14. The van der Waals surface area contributed by atoms with E-state index in [1.165, 1.54) is 41.4 Å². The standard InChI is InChI=1S/C39H25IN2/c1-3-13-30-26(10-1)12-9-17-34(30)37-25-38(35-24-29-11-2-4-14-31(29)32-15-5-6-16-33(32)35)42-39(41-37)28-21-19-27(20-22-28)36-18-7-8-23-40-36/h1-25H. The van der Waals surface area contributed by atoms with Crippen molar-refractivity contribution in [3.8, 4) is 33.9 Å². The van der Waals surface area contributed by atoms with E-state index in [4.69, 9.17) is 9.97 Å². The highest BCUT2D eigenvalue weighted by Gasteiger charge is 2.16. The van der Waals surface area contributed by atoms with Gasteiger partial charge in [0.15, 0.2) is 5.82 Å². The number of aromatic nitrogens is 2. The fourth-order valence-corrected chi connectivity index (χ4v) is 7.80. The average Bonchev–Trinajstić information content (AvgIpc) is 3.08. The summed E-state index contributed by atoms with van der Waals surface area (Å²) in [5.41, 5.74) is 6.37. The minimum absolute atomic E-state index is 0.0989. The molecular weight excluding hydrogens is 623 g/mol. The van der Waals surface area contributed by atoms with Gasteiger partial charge in [-0.2, -0.15) is 0 Å². The third kappa shape index (κ3) is 4.47. The van der Waals surface area contributed by atoms with E-state index >= 15 is 0 Å². The Balaban J connectivity index is 1.37. The summed E-state index contributed by atoms with van der Waals surface area (Å²) >= 11 is -0.0989. The fraction of sp³-hybridized carbons (Fsp3) is 0. The number of fused-ring (bicyclic) bond motifs is 4. The van der Waals surface area contributed by atoms with Crippen LogP contribution in [0.4, 0.5) is 0 Å². The number of benzene rings is 6. The monoisotopic (exact) mass is 648 g/mol. The second-order valence-electron chi connectivity index (χ2n) is 10.4. The molecule has 0 bridgehead atoms. The molecule has 0 fully saturated rings. The molecule has 3 heteroatoms. The van der Waals surface area contributed by atoms with Gasteiger partial charge in [-0.15, -0.1) is 0 Å². The Labute approximate surface area is 254 Å². The van der Waals surface area contributed by atoms with Crippen LogP contribution in [0.2, 0.25) is 0 Å².